The summed E-state index contributed by atoms with van der Waals surface area (Å²) in [5.41, 5.74) is 2.71. The molecule has 0 aromatic carbocycles. The Bertz CT molecular complexity index is 509. The number of thiophene rings is 1. The van der Waals surface area contributed by atoms with Crippen LogP contribution < -0.4 is 5.32 Å². The third-order valence-corrected chi connectivity index (χ3v) is 4.30. The molecule has 0 saturated heterocycles. The van der Waals surface area contributed by atoms with Gasteiger partial charge < -0.3 is 5.32 Å². The van der Waals surface area contributed by atoms with E-state index >= 15 is 0 Å². The van der Waals surface area contributed by atoms with E-state index in [-0.39, 0.29) is 0 Å². The minimum absolute atomic E-state index is 0.314. The summed E-state index contributed by atoms with van der Waals surface area (Å²) < 4.78 is 1.04. The number of fused-ring (bicyclic) bond motifs is 1. The van der Waals surface area contributed by atoms with E-state index < -0.39 is 0 Å². The second kappa shape index (κ2) is 4.28. The van der Waals surface area contributed by atoms with Crippen molar-refractivity contribution in [2.24, 2.45) is 0 Å². The fraction of sp³-hybridized carbons (Fsp3) is 0.250. The molecule has 1 aliphatic rings. The summed E-state index contributed by atoms with van der Waals surface area (Å²) in [6.45, 7) is 1.04. The SMILES string of the molecule is Brc1cncc(C2NCCc3ccsc32)c1. The van der Waals surface area contributed by atoms with Crippen molar-refractivity contribution in [3.8, 4) is 0 Å². The van der Waals surface area contributed by atoms with Gasteiger partial charge in [-0.15, -0.1) is 11.3 Å². The van der Waals surface area contributed by atoms with E-state index in [0.717, 1.165) is 17.4 Å². The van der Waals surface area contributed by atoms with Crippen LogP contribution in [0.1, 0.15) is 22.0 Å². The molecule has 0 saturated carbocycles. The highest BCUT2D eigenvalue weighted by Crippen LogP contribution is 2.33. The molecule has 3 heterocycles. The standard InChI is InChI=1S/C12H11BrN2S/c13-10-5-9(6-14-7-10)11-12-8(1-3-15-11)2-4-16-12/h2,4-7,11,15H,1,3H2. The van der Waals surface area contributed by atoms with Crippen molar-refractivity contribution in [3.63, 3.8) is 0 Å². The zero-order valence-electron chi connectivity index (χ0n) is 8.61. The molecule has 0 bridgehead atoms. The van der Waals surface area contributed by atoms with E-state index in [4.69, 9.17) is 0 Å². The number of halogens is 1. The smallest absolute Gasteiger partial charge is 0.0689 e. The summed E-state index contributed by atoms with van der Waals surface area (Å²) in [7, 11) is 0. The molecule has 2 aromatic rings. The first kappa shape index (κ1) is 10.4. The maximum absolute atomic E-state index is 4.23. The van der Waals surface area contributed by atoms with Gasteiger partial charge in [-0.05, 0) is 51.0 Å². The Labute approximate surface area is 107 Å². The third kappa shape index (κ3) is 1.81. The van der Waals surface area contributed by atoms with Crippen LogP contribution in [-0.4, -0.2) is 11.5 Å². The quantitative estimate of drug-likeness (QED) is 0.874. The lowest BCUT2D eigenvalue weighted by molar-refractivity contribution is 0.577. The Morgan fingerprint density at radius 1 is 1.44 bits per heavy atom. The van der Waals surface area contributed by atoms with Crippen LogP contribution in [0.15, 0.2) is 34.4 Å². The van der Waals surface area contributed by atoms with E-state index in [9.17, 15) is 0 Å². The minimum Gasteiger partial charge on any atom is -0.305 e. The van der Waals surface area contributed by atoms with Crippen LogP contribution in [0.5, 0.6) is 0 Å². The number of rotatable bonds is 1. The van der Waals surface area contributed by atoms with Crippen molar-refractivity contribution in [2.75, 3.05) is 6.54 Å². The molecule has 1 aliphatic heterocycles. The van der Waals surface area contributed by atoms with Gasteiger partial charge in [-0.3, -0.25) is 4.98 Å². The average molecular weight is 295 g/mol. The molecular formula is C12H11BrN2S. The van der Waals surface area contributed by atoms with E-state index in [1.165, 1.54) is 16.0 Å². The van der Waals surface area contributed by atoms with E-state index in [0.29, 0.717) is 6.04 Å². The molecule has 1 unspecified atom stereocenters. The number of pyridine rings is 1. The largest absolute Gasteiger partial charge is 0.305 e. The van der Waals surface area contributed by atoms with Crippen molar-refractivity contribution >= 4 is 27.3 Å². The molecule has 1 atom stereocenters. The number of nitrogens with one attached hydrogen (secondary N) is 1. The Balaban J connectivity index is 2.04. The van der Waals surface area contributed by atoms with Gasteiger partial charge in [0.2, 0.25) is 0 Å². The summed E-state index contributed by atoms with van der Waals surface area (Å²) >= 11 is 5.30. The van der Waals surface area contributed by atoms with Gasteiger partial charge in [0.1, 0.15) is 0 Å². The topological polar surface area (TPSA) is 24.9 Å². The highest BCUT2D eigenvalue weighted by molar-refractivity contribution is 9.10. The van der Waals surface area contributed by atoms with E-state index in [2.05, 4.69) is 43.7 Å². The number of hydrogen-bond acceptors (Lipinski definition) is 3. The van der Waals surface area contributed by atoms with Gasteiger partial charge in [0, 0.05) is 28.3 Å². The zero-order chi connectivity index (χ0) is 11.0. The first-order valence-corrected chi connectivity index (χ1v) is 6.92. The van der Waals surface area contributed by atoms with Crippen molar-refractivity contribution in [1.82, 2.24) is 10.3 Å². The molecular weight excluding hydrogens is 284 g/mol. The van der Waals surface area contributed by atoms with Crippen LogP contribution in [0, 0.1) is 0 Å². The second-order valence-electron chi connectivity index (χ2n) is 3.88. The lowest BCUT2D eigenvalue weighted by Crippen LogP contribution is -2.29. The van der Waals surface area contributed by atoms with Crippen molar-refractivity contribution < 1.29 is 0 Å². The Morgan fingerprint density at radius 3 is 3.25 bits per heavy atom. The first-order valence-electron chi connectivity index (χ1n) is 5.25. The maximum atomic E-state index is 4.23. The van der Waals surface area contributed by atoms with Crippen LogP contribution in [0.25, 0.3) is 0 Å². The van der Waals surface area contributed by atoms with Gasteiger partial charge >= 0.3 is 0 Å². The van der Waals surface area contributed by atoms with Gasteiger partial charge in [-0.1, -0.05) is 0 Å². The van der Waals surface area contributed by atoms with Crippen molar-refractivity contribution in [2.45, 2.75) is 12.5 Å². The lowest BCUT2D eigenvalue weighted by Gasteiger charge is -2.24. The number of nitrogens with zero attached hydrogens (tertiary/aromatic N) is 1. The monoisotopic (exact) mass is 294 g/mol. The fourth-order valence-corrected chi connectivity index (χ4v) is 3.54. The highest BCUT2D eigenvalue weighted by atomic mass is 79.9. The third-order valence-electron chi connectivity index (χ3n) is 2.85. The van der Waals surface area contributed by atoms with Crippen LogP contribution in [0.3, 0.4) is 0 Å². The maximum Gasteiger partial charge on any atom is 0.0689 e. The summed E-state index contributed by atoms with van der Waals surface area (Å²) in [4.78, 5) is 5.67. The fourth-order valence-electron chi connectivity index (χ4n) is 2.11. The first-order chi connectivity index (χ1) is 7.84. The molecule has 0 fully saturated rings. The van der Waals surface area contributed by atoms with Gasteiger partial charge in [-0.25, -0.2) is 0 Å². The summed E-state index contributed by atoms with van der Waals surface area (Å²) in [6, 6.07) is 4.69. The molecule has 4 heteroatoms. The molecule has 0 spiro atoms. The summed E-state index contributed by atoms with van der Waals surface area (Å²) in [5, 5.41) is 5.73. The normalized spacial score (nSPS) is 19.4. The Kier molecular flexibility index (Phi) is 2.79. The molecule has 82 valence electrons. The predicted octanol–water partition coefficient (Wildman–Crippen LogP) is 3.14. The number of hydrogen-bond donors (Lipinski definition) is 1. The van der Waals surface area contributed by atoms with Crippen molar-refractivity contribution in [3.05, 3.63) is 50.4 Å². The zero-order valence-corrected chi connectivity index (χ0v) is 11.0. The molecule has 2 aromatic heterocycles. The van der Waals surface area contributed by atoms with Crippen LogP contribution in [0.2, 0.25) is 0 Å². The molecule has 0 aliphatic carbocycles. The highest BCUT2D eigenvalue weighted by Gasteiger charge is 2.22. The number of aromatic nitrogens is 1. The minimum atomic E-state index is 0.314. The van der Waals surface area contributed by atoms with Crippen LogP contribution in [0.4, 0.5) is 0 Å². The molecule has 2 nitrogen and oxygen atoms in total. The van der Waals surface area contributed by atoms with Gasteiger partial charge in [0.25, 0.3) is 0 Å². The Morgan fingerprint density at radius 2 is 2.38 bits per heavy atom. The molecule has 16 heavy (non-hydrogen) atoms. The molecule has 3 rings (SSSR count). The van der Waals surface area contributed by atoms with E-state index in [1.54, 1.807) is 0 Å². The lowest BCUT2D eigenvalue weighted by atomic mass is 9.99. The molecule has 1 N–H and O–H groups in total. The van der Waals surface area contributed by atoms with Gasteiger partial charge in [0.15, 0.2) is 0 Å². The van der Waals surface area contributed by atoms with Crippen LogP contribution in [-0.2, 0) is 6.42 Å². The molecule has 0 amide bonds. The van der Waals surface area contributed by atoms with Crippen LogP contribution >= 0.6 is 27.3 Å². The predicted molar refractivity (Wildman–Crippen MR) is 69.8 cm³/mol. The van der Waals surface area contributed by atoms with Crippen molar-refractivity contribution in [1.29, 1.82) is 0 Å². The average Bonchev–Trinajstić information content (AvgIpc) is 2.76. The molecule has 0 radical (unpaired) electrons. The van der Waals surface area contributed by atoms with Gasteiger partial charge in [-0.2, -0.15) is 0 Å². The summed E-state index contributed by atoms with van der Waals surface area (Å²) in [6.07, 6.45) is 4.90. The Hall–Kier alpha value is -0.710. The van der Waals surface area contributed by atoms with Gasteiger partial charge in [0.05, 0.1) is 6.04 Å². The summed E-state index contributed by atoms with van der Waals surface area (Å²) in [5.74, 6) is 0. The van der Waals surface area contributed by atoms with E-state index in [1.807, 2.05) is 23.7 Å². The second-order valence-corrected chi connectivity index (χ2v) is 5.75.